The molecule has 0 fully saturated rings. The van der Waals surface area contributed by atoms with Gasteiger partial charge < -0.3 is 0 Å². The summed E-state index contributed by atoms with van der Waals surface area (Å²) in [6.45, 7) is 0. The van der Waals surface area contributed by atoms with E-state index in [2.05, 4.69) is 16.8 Å². The predicted octanol–water partition coefficient (Wildman–Crippen LogP) is 2.83. The van der Waals surface area contributed by atoms with Crippen LogP contribution in [0.1, 0.15) is 5.69 Å². The van der Waals surface area contributed by atoms with Gasteiger partial charge in [0.05, 0.1) is 5.88 Å². The molecule has 1 heterocycles. The van der Waals surface area contributed by atoms with E-state index in [9.17, 15) is 0 Å². The minimum absolute atomic E-state index is 0.338. The highest BCUT2D eigenvalue weighted by Crippen LogP contribution is 2.14. The molecule has 2 rings (SSSR count). The maximum Gasteiger partial charge on any atom is 0.120 e. The van der Waals surface area contributed by atoms with Crippen molar-refractivity contribution >= 4 is 22.4 Å². The highest BCUT2D eigenvalue weighted by molar-refractivity contribution is 6.19. The van der Waals surface area contributed by atoms with Crippen molar-refractivity contribution in [3.63, 3.8) is 0 Å². The van der Waals surface area contributed by atoms with Gasteiger partial charge in [0, 0.05) is 11.6 Å². The minimum Gasteiger partial charge on any atom is -0.247 e. The van der Waals surface area contributed by atoms with E-state index in [1.807, 2.05) is 30.3 Å². The molecule has 2 heteroatoms. The second kappa shape index (κ2) is 4.13. The monoisotopic (exact) mass is 201 g/mol. The third kappa shape index (κ3) is 1.71. The molecular weight excluding hydrogens is 194 g/mol. The number of alkyl halides is 1. The van der Waals surface area contributed by atoms with Gasteiger partial charge in [-0.15, -0.1) is 11.6 Å². The largest absolute Gasteiger partial charge is 0.247 e. The Hall–Kier alpha value is -1.52. The smallest absolute Gasteiger partial charge is 0.120 e. The molecule has 1 aromatic carbocycles. The molecule has 0 radical (unpaired) electrons. The number of pyridine rings is 1. The van der Waals surface area contributed by atoms with E-state index >= 15 is 0 Å². The summed E-state index contributed by atoms with van der Waals surface area (Å²) in [4.78, 5) is 4.21. The molecule has 0 N–H and O–H groups in total. The number of rotatable bonds is 0. The van der Waals surface area contributed by atoms with Gasteiger partial charge in [0.25, 0.3) is 0 Å². The van der Waals surface area contributed by atoms with Crippen LogP contribution in [0.15, 0.2) is 36.5 Å². The van der Waals surface area contributed by atoms with Crippen molar-refractivity contribution in [3.05, 3.63) is 42.2 Å². The number of aromatic nitrogens is 1. The van der Waals surface area contributed by atoms with Gasteiger partial charge in [0.15, 0.2) is 0 Å². The number of fused-ring (bicyclic) bond motifs is 1. The summed E-state index contributed by atoms with van der Waals surface area (Å²) in [5, 5.41) is 2.23. The van der Waals surface area contributed by atoms with Gasteiger partial charge in [-0.1, -0.05) is 30.2 Å². The number of benzene rings is 1. The number of hydrogen-bond donors (Lipinski definition) is 0. The molecule has 0 bridgehead atoms. The van der Waals surface area contributed by atoms with Crippen molar-refractivity contribution in [2.75, 3.05) is 5.88 Å². The Morgan fingerprint density at radius 2 is 2.07 bits per heavy atom. The summed E-state index contributed by atoms with van der Waals surface area (Å²) in [7, 11) is 0. The molecule has 0 aliphatic rings. The van der Waals surface area contributed by atoms with Crippen molar-refractivity contribution in [2.24, 2.45) is 0 Å². The van der Waals surface area contributed by atoms with Crippen LogP contribution in [0.25, 0.3) is 10.8 Å². The highest BCUT2D eigenvalue weighted by Gasteiger charge is 1.96. The van der Waals surface area contributed by atoms with Gasteiger partial charge in [-0.3, -0.25) is 0 Å². The SMILES string of the molecule is ClCC#Cc1nccc2ccccc12. The van der Waals surface area contributed by atoms with Gasteiger partial charge in [-0.25, -0.2) is 4.98 Å². The molecule has 68 valence electrons. The molecule has 0 saturated carbocycles. The van der Waals surface area contributed by atoms with Gasteiger partial charge >= 0.3 is 0 Å². The zero-order chi connectivity index (χ0) is 9.80. The lowest BCUT2D eigenvalue weighted by atomic mass is 10.1. The number of hydrogen-bond acceptors (Lipinski definition) is 1. The molecular formula is C12H8ClN. The maximum atomic E-state index is 5.50. The first-order chi connectivity index (χ1) is 6.92. The Bertz CT molecular complexity index is 503. The van der Waals surface area contributed by atoms with E-state index in [-0.39, 0.29) is 0 Å². The standard InChI is InChI=1S/C12H8ClN/c13-8-3-6-12-11-5-2-1-4-10(11)7-9-14-12/h1-2,4-5,7,9H,8H2. The van der Waals surface area contributed by atoms with Crippen LogP contribution in [0.2, 0.25) is 0 Å². The number of nitrogens with zero attached hydrogens (tertiary/aromatic N) is 1. The Kier molecular flexibility index (Phi) is 2.67. The van der Waals surface area contributed by atoms with Crippen LogP contribution in [0, 0.1) is 11.8 Å². The summed E-state index contributed by atoms with van der Waals surface area (Å²) in [5.74, 6) is 6.09. The summed E-state index contributed by atoms with van der Waals surface area (Å²) in [5.41, 5.74) is 0.795. The third-order valence-electron chi connectivity index (χ3n) is 1.95. The van der Waals surface area contributed by atoms with E-state index in [0.717, 1.165) is 16.5 Å². The normalized spacial score (nSPS) is 9.50. The molecule has 2 aromatic rings. The highest BCUT2D eigenvalue weighted by atomic mass is 35.5. The molecule has 0 aliphatic heterocycles. The average Bonchev–Trinajstić information content (AvgIpc) is 2.26. The summed E-state index contributed by atoms with van der Waals surface area (Å²) in [6.07, 6.45) is 1.76. The zero-order valence-electron chi connectivity index (χ0n) is 7.50. The fraction of sp³-hybridized carbons (Fsp3) is 0.0833. The van der Waals surface area contributed by atoms with Crippen molar-refractivity contribution < 1.29 is 0 Å². The predicted molar refractivity (Wildman–Crippen MR) is 59.3 cm³/mol. The number of halogens is 1. The molecule has 0 spiro atoms. The van der Waals surface area contributed by atoms with E-state index in [4.69, 9.17) is 11.6 Å². The third-order valence-corrected chi connectivity index (χ3v) is 2.08. The molecule has 0 amide bonds. The first-order valence-electron chi connectivity index (χ1n) is 4.30. The Labute approximate surface area is 87.7 Å². The molecule has 0 unspecified atom stereocenters. The minimum atomic E-state index is 0.338. The fourth-order valence-corrected chi connectivity index (χ4v) is 1.40. The second-order valence-electron chi connectivity index (χ2n) is 2.82. The molecule has 14 heavy (non-hydrogen) atoms. The van der Waals surface area contributed by atoms with Crippen LogP contribution in [0.3, 0.4) is 0 Å². The average molecular weight is 202 g/mol. The lowest BCUT2D eigenvalue weighted by molar-refractivity contribution is 1.32. The lowest BCUT2D eigenvalue weighted by Gasteiger charge is -1.97. The van der Waals surface area contributed by atoms with Gasteiger partial charge in [-0.05, 0) is 17.4 Å². The van der Waals surface area contributed by atoms with E-state index in [1.54, 1.807) is 6.20 Å². The van der Waals surface area contributed by atoms with Crippen molar-refractivity contribution in [1.29, 1.82) is 0 Å². The first kappa shape index (κ1) is 9.05. The Morgan fingerprint density at radius 3 is 2.93 bits per heavy atom. The van der Waals surface area contributed by atoms with E-state index < -0.39 is 0 Å². The molecule has 0 saturated heterocycles. The van der Waals surface area contributed by atoms with Crippen LogP contribution in [0.5, 0.6) is 0 Å². The summed E-state index contributed by atoms with van der Waals surface area (Å²) in [6, 6.07) is 10.0. The van der Waals surface area contributed by atoms with E-state index in [1.165, 1.54) is 0 Å². The second-order valence-corrected chi connectivity index (χ2v) is 3.08. The summed E-state index contributed by atoms with van der Waals surface area (Å²) < 4.78 is 0. The summed E-state index contributed by atoms with van der Waals surface area (Å²) >= 11 is 5.50. The Morgan fingerprint density at radius 1 is 1.21 bits per heavy atom. The van der Waals surface area contributed by atoms with Gasteiger partial charge in [0.2, 0.25) is 0 Å². The van der Waals surface area contributed by atoms with Crippen LogP contribution < -0.4 is 0 Å². The molecule has 0 atom stereocenters. The quantitative estimate of drug-likeness (QED) is 0.472. The van der Waals surface area contributed by atoms with Crippen LogP contribution in [0.4, 0.5) is 0 Å². The molecule has 1 aromatic heterocycles. The molecule has 1 nitrogen and oxygen atoms in total. The van der Waals surface area contributed by atoms with Crippen LogP contribution >= 0.6 is 11.6 Å². The van der Waals surface area contributed by atoms with Crippen LogP contribution in [-0.4, -0.2) is 10.9 Å². The van der Waals surface area contributed by atoms with Gasteiger partial charge in [0.1, 0.15) is 5.69 Å². The van der Waals surface area contributed by atoms with Crippen molar-refractivity contribution in [1.82, 2.24) is 4.98 Å². The van der Waals surface area contributed by atoms with Crippen molar-refractivity contribution in [3.8, 4) is 11.8 Å². The maximum absolute atomic E-state index is 5.50. The van der Waals surface area contributed by atoms with Gasteiger partial charge in [-0.2, -0.15) is 0 Å². The topological polar surface area (TPSA) is 12.9 Å². The first-order valence-corrected chi connectivity index (χ1v) is 4.84. The lowest BCUT2D eigenvalue weighted by Crippen LogP contribution is -1.84. The van der Waals surface area contributed by atoms with E-state index in [0.29, 0.717) is 5.88 Å². The molecule has 0 aliphatic carbocycles. The zero-order valence-corrected chi connectivity index (χ0v) is 8.25. The van der Waals surface area contributed by atoms with Crippen molar-refractivity contribution in [2.45, 2.75) is 0 Å². The fourth-order valence-electron chi connectivity index (χ4n) is 1.34. The Balaban J connectivity index is 2.65. The van der Waals surface area contributed by atoms with Crippen LogP contribution in [-0.2, 0) is 0 Å².